The third-order valence-corrected chi connectivity index (χ3v) is 10.6. The molecule has 0 N–H and O–H groups in total. The number of unbranched alkanes of at least 4 members (excludes halogenated alkanes) is 9. The highest BCUT2D eigenvalue weighted by Gasteiger charge is 2.40. The van der Waals surface area contributed by atoms with Gasteiger partial charge in [0.05, 0.1) is 6.07 Å². The Kier molecular flexibility index (Phi) is 17.2. The highest BCUT2D eigenvalue weighted by molar-refractivity contribution is 7.62. The average molecular weight is 427 g/mol. The zero-order valence-corrected chi connectivity index (χ0v) is 21.5. The molecule has 4 heteroatoms. The lowest BCUT2D eigenvalue weighted by molar-refractivity contribution is 0.272. The molecule has 0 aliphatic rings. The van der Waals surface area contributed by atoms with Crippen molar-refractivity contribution in [2.24, 2.45) is 0 Å². The van der Waals surface area contributed by atoms with Gasteiger partial charge in [0.25, 0.3) is 0 Å². The van der Waals surface area contributed by atoms with E-state index in [4.69, 9.17) is 0 Å². The zero-order chi connectivity index (χ0) is 22.1. The molecule has 0 amide bonds. The van der Waals surface area contributed by atoms with Gasteiger partial charge in [0.15, 0.2) is 7.29 Å². The minimum atomic E-state index is -2.50. The summed E-state index contributed by atoms with van der Waals surface area (Å²) in [5.41, 5.74) is 0.293. The molecular formula is C25H51N2OP. The van der Waals surface area contributed by atoms with E-state index in [0.29, 0.717) is 19.0 Å². The van der Waals surface area contributed by atoms with Crippen LogP contribution in [0.3, 0.4) is 0 Å². The quantitative estimate of drug-likeness (QED) is 0.153. The van der Waals surface area contributed by atoms with Gasteiger partial charge >= 0.3 is 0 Å². The molecule has 1 unspecified atom stereocenters. The molecule has 0 heterocycles. The van der Waals surface area contributed by atoms with Gasteiger partial charge in [-0.05, 0) is 12.8 Å². The number of hydrogen-bond acceptors (Lipinski definition) is 2. The molecule has 0 aliphatic heterocycles. The van der Waals surface area contributed by atoms with Crippen molar-refractivity contribution >= 4 is 7.29 Å². The molecule has 3 nitrogen and oxygen atoms in total. The smallest absolute Gasteiger partial charge is 0.155 e. The molecule has 0 radical (unpaired) electrons. The first-order valence-corrected chi connectivity index (χ1v) is 14.4. The molecule has 0 saturated heterocycles. The first-order chi connectivity index (χ1) is 13.9. The van der Waals surface area contributed by atoms with Crippen LogP contribution in [0, 0.1) is 11.3 Å². The summed E-state index contributed by atoms with van der Waals surface area (Å²) in [6.07, 6.45) is 16.9. The van der Waals surface area contributed by atoms with Gasteiger partial charge in [-0.1, -0.05) is 112 Å². The first kappa shape index (κ1) is 28.7. The van der Waals surface area contributed by atoms with Crippen molar-refractivity contribution in [1.82, 2.24) is 4.67 Å². The normalized spacial score (nSPS) is 13.4. The second-order valence-electron chi connectivity index (χ2n) is 9.34. The molecule has 29 heavy (non-hydrogen) atoms. The largest absolute Gasteiger partial charge is 0.306 e. The van der Waals surface area contributed by atoms with Crippen LogP contribution in [-0.2, 0) is 4.57 Å². The van der Waals surface area contributed by atoms with Crippen LogP contribution in [-0.4, -0.2) is 28.6 Å². The fourth-order valence-corrected chi connectivity index (χ4v) is 8.07. The van der Waals surface area contributed by atoms with E-state index in [0.717, 1.165) is 12.8 Å². The van der Waals surface area contributed by atoms with E-state index in [1.54, 1.807) is 0 Å². The Morgan fingerprint density at radius 3 is 1.55 bits per heavy atom. The lowest BCUT2D eigenvalue weighted by Crippen LogP contribution is -2.38. The summed E-state index contributed by atoms with van der Waals surface area (Å²) >= 11 is 0. The first-order valence-electron chi connectivity index (χ1n) is 12.6. The molecule has 0 bridgehead atoms. The molecule has 0 saturated carbocycles. The Balaban J connectivity index is 5.24. The number of rotatable bonds is 19. The molecule has 0 rings (SSSR count). The summed E-state index contributed by atoms with van der Waals surface area (Å²) in [6.45, 7) is 13.6. The van der Waals surface area contributed by atoms with Gasteiger partial charge in [0.2, 0.25) is 0 Å². The third-order valence-electron chi connectivity index (χ3n) is 6.29. The van der Waals surface area contributed by atoms with Crippen molar-refractivity contribution in [3.8, 4) is 6.07 Å². The predicted octanol–water partition coefficient (Wildman–Crippen LogP) is 8.78. The second kappa shape index (κ2) is 17.4. The number of nitriles is 1. The molecule has 0 aromatic rings. The summed E-state index contributed by atoms with van der Waals surface area (Å²) in [4.78, 5) is 0. The van der Waals surface area contributed by atoms with Crippen LogP contribution in [0.2, 0.25) is 0 Å². The van der Waals surface area contributed by atoms with E-state index < -0.39 is 7.29 Å². The molecule has 0 fully saturated rings. The van der Waals surface area contributed by atoms with Gasteiger partial charge in [-0.15, -0.1) is 0 Å². The minimum absolute atomic E-state index is 0.147. The molecule has 0 aromatic heterocycles. The van der Waals surface area contributed by atoms with E-state index in [1.165, 1.54) is 70.6 Å². The maximum Gasteiger partial charge on any atom is 0.155 e. The van der Waals surface area contributed by atoms with E-state index in [-0.39, 0.29) is 11.3 Å². The van der Waals surface area contributed by atoms with Crippen molar-refractivity contribution in [3.05, 3.63) is 0 Å². The van der Waals surface area contributed by atoms with E-state index in [1.807, 2.05) is 0 Å². The summed E-state index contributed by atoms with van der Waals surface area (Å²) < 4.78 is 16.5. The lowest BCUT2D eigenvalue weighted by atomic mass is 10.00. The van der Waals surface area contributed by atoms with Gasteiger partial charge in [-0.2, -0.15) is 5.26 Å². The summed E-state index contributed by atoms with van der Waals surface area (Å²) in [6, 6.07) is 2.68. The Labute approximate surface area is 183 Å². The van der Waals surface area contributed by atoms with Crippen molar-refractivity contribution < 1.29 is 4.57 Å². The van der Waals surface area contributed by atoms with E-state index in [2.05, 4.69) is 52.3 Å². The van der Waals surface area contributed by atoms with E-state index in [9.17, 15) is 9.83 Å². The number of hydrogen-bond donors (Lipinski definition) is 0. The van der Waals surface area contributed by atoms with Crippen LogP contribution < -0.4 is 0 Å². The molecule has 0 aromatic carbocycles. The summed E-state index contributed by atoms with van der Waals surface area (Å²) in [5.74, 6) is 0. The summed E-state index contributed by atoms with van der Waals surface area (Å²) in [5, 5.41) is 9.24. The zero-order valence-electron chi connectivity index (χ0n) is 20.6. The molecule has 172 valence electrons. The molecular weight excluding hydrogens is 375 g/mol. The maximum absolute atomic E-state index is 14.2. The molecule has 0 spiro atoms. The van der Waals surface area contributed by atoms with Crippen LogP contribution in [0.4, 0.5) is 0 Å². The van der Waals surface area contributed by atoms with Gasteiger partial charge in [-0.3, -0.25) is 0 Å². The Hall–Kier alpha value is -0.320. The highest BCUT2D eigenvalue weighted by atomic mass is 31.2. The van der Waals surface area contributed by atoms with Crippen LogP contribution in [0.1, 0.15) is 131 Å². The van der Waals surface area contributed by atoms with Gasteiger partial charge < -0.3 is 4.57 Å². The lowest BCUT2D eigenvalue weighted by Gasteiger charge is -2.42. The Morgan fingerprint density at radius 1 is 0.759 bits per heavy atom. The summed E-state index contributed by atoms with van der Waals surface area (Å²) in [7, 11) is -2.50. The average Bonchev–Trinajstić information content (AvgIpc) is 2.69. The molecule has 1 atom stereocenters. The third kappa shape index (κ3) is 11.0. The molecule has 0 aliphatic carbocycles. The second-order valence-corrected chi connectivity index (χ2v) is 13.3. The Morgan fingerprint density at radius 2 is 1.17 bits per heavy atom. The standard InChI is InChI=1S/C25H51N2OP/c1-7-9-11-13-15-17-20-25(19-16-14-12-10-8-2)27(22-18-21-26)29(28,23(3)4)24(5)6/h23-25H,7-20,22H2,1-6H3. The van der Waals surface area contributed by atoms with Gasteiger partial charge in [0.1, 0.15) is 0 Å². The number of nitrogens with zero attached hydrogens (tertiary/aromatic N) is 2. The van der Waals surface area contributed by atoms with Crippen LogP contribution in [0.15, 0.2) is 0 Å². The van der Waals surface area contributed by atoms with E-state index >= 15 is 0 Å². The Bertz CT molecular complexity index is 458. The van der Waals surface area contributed by atoms with Crippen molar-refractivity contribution in [1.29, 1.82) is 5.26 Å². The monoisotopic (exact) mass is 426 g/mol. The SMILES string of the molecule is CCCCCCCCC(CCCCCCC)N(CCC#N)P(=O)(C(C)C)C(C)C. The van der Waals surface area contributed by atoms with Crippen molar-refractivity contribution in [2.75, 3.05) is 6.54 Å². The van der Waals surface area contributed by atoms with Crippen LogP contribution >= 0.6 is 7.29 Å². The highest BCUT2D eigenvalue weighted by Crippen LogP contribution is 2.59. The van der Waals surface area contributed by atoms with Gasteiger partial charge in [-0.25, -0.2) is 4.67 Å². The van der Waals surface area contributed by atoms with Crippen molar-refractivity contribution in [3.63, 3.8) is 0 Å². The minimum Gasteiger partial charge on any atom is -0.306 e. The predicted molar refractivity (Wildman–Crippen MR) is 130 cm³/mol. The van der Waals surface area contributed by atoms with Crippen LogP contribution in [0.25, 0.3) is 0 Å². The van der Waals surface area contributed by atoms with Crippen LogP contribution in [0.5, 0.6) is 0 Å². The van der Waals surface area contributed by atoms with Crippen molar-refractivity contribution in [2.45, 2.75) is 149 Å². The van der Waals surface area contributed by atoms with Gasteiger partial charge in [0, 0.05) is 30.3 Å². The maximum atomic E-state index is 14.2. The fourth-order valence-electron chi connectivity index (χ4n) is 4.53. The topological polar surface area (TPSA) is 44.1 Å². The fraction of sp³-hybridized carbons (Fsp3) is 0.960.